The second kappa shape index (κ2) is 6.01. The minimum absolute atomic E-state index is 0.0318. The van der Waals surface area contributed by atoms with E-state index in [4.69, 9.17) is 5.26 Å². The van der Waals surface area contributed by atoms with Gasteiger partial charge in [0.25, 0.3) is 0 Å². The van der Waals surface area contributed by atoms with Crippen LogP contribution in [0.2, 0.25) is 0 Å². The van der Waals surface area contributed by atoms with E-state index in [0.29, 0.717) is 0 Å². The summed E-state index contributed by atoms with van der Waals surface area (Å²) < 4.78 is 78.8. The standard InChI is InChI=1S/C12H16F6N2O/c1-7(2)20-10(6-19)4-3-8(5-10)21-9(11(13,14)15)12(16,17)18/h7-9,20H,3-5H2,1-2H3. The lowest BCUT2D eigenvalue weighted by molar-refractivity contribution is -0.330. The Hall–Kier alpha value is -1.01. The molecule has 0 spiro atoms. The van der Waals surface area contributed by atoms with Gasteiger partial charge in [0, 0.05) is 12.5 Å². The Morgan fingerprint density at radius 1 is 1.19 bits per heavy atom. The normalized spacial score (nSPS) is 27.4. The van der Waals surface area contributed by atoms with E-state index >= 15 is 0 Å². The van der Waals surface area contributed by atoms with Gasteiger partial charge in [-0.3, -0.25) is 5.32 Å². The number of halogens is 6. The molecule has 9 heteroatoms. The fourth-order valence-electron chi connectivity index (χ4n) is 2.47. The highest BCUT2D eigenvalue weighted by atomic mass is 19.4. The van der Waals surface area contributed by atoms with Gasteiger partial charge in [-0.1, -0.05) is 0 Å². The first-order valence-corrected chi connectivity index (χ1v) is 6.37. The zero-order valence-electron chi connectivity index (χ0n) is 11.5. The SMILES string of the molecule is CC(C)NC1(C#N)CCC(OC(C(F)(F)F)C(F)(F)F)C1. The van der Waals surface area contributed by atoms with Crippen molar-refractivity contribution in [1.82, 2.24) is 5.32 Å². The predicted molar refractivity (Wildman–Crippen MR) is 61.2 cm³/mol. The Morgan fingerprint density at radius 3 is 2.10 bits per heavy atom. The van der Waals surface area contributed by atoms with Crippen LogP contribution in [0, 0.1) is 11.3 Å². The van der Waals surface area contributed by atoms with E-state index in [1.165, 1.54) is 0 Å². The van der Waals surface area contributed by atoms with Crippen LogP contribution in [0.25, 0.3) is 0 Å². The van der Waals surface area contributed by atoms with Gasteiger partial charge < -0.3 is 4.74 Å². The smallest absolute Gasteiger partial charge is 0.357 e. The van der Waals surface area contributed by atoms with Crippen LogP contribution >= 0.6 is 0 Å². The molecule has 0 bridgehead atoms. The number of alkyl halides is 6. The van der Waals surface area contributed by atoms with Gasteiger partial charge in [-0.05, 0) is 26.7 Å². The van der Waals surface area contributed by atoms with Crippen molar-refractivity contribution >= 4 is 0 Å². The topological polar surface area (TPSA) is 45.0 Å². The summed E-state index contributed by atoms with van der Waals surface area (Å²) in [4.78, 5) is 0. The monoisotopic (exact) mass is 318 g/mol. The first-order chi connectivity index (χ1) is 9.39. The lowest BCUT2D eigenvalue weighted by atomic mass is 9.98. The van der Waals surface area contributed by atoms with Crippen molar-refractivity contribution in [3.63, 3.8) is 0 Å². The molecule has 0 saturated heterocycles. The molecular formula is C12H16F6N2O. The van der Waals surface area contributed by atoms with Gasteiger partial charge in [-0.25, -0.2) is 0 Å². The molecule has 1 aliphatic rings. The zero-order valence-corrected chi connectivity index (χ0v) is 11.5. The molecule has 2 atom stereocenters. The van der Waals surface area contributed by atoms with Crippen LogP contribution < -0.4 is 5.32 Å². The molecule has 0 aromatic carbocycles. The Bertz CT molecular complexity index is 386. The van der Waals surface area contributed by atoms with Crippen molar-refractivity contribution < 1.29 is 31.1 Å². The number of rotatable bonds is 4. The van der Waals surface area contributed by atoms with Crippen LogP contribution in [-0.4, -0.2) is 36.1 Å². The second-order valence-electron chi connectivity index (χ2n) is 5.46. The van der Waals surface area contributed by atoms with Crippen molar-refractivity contribution in [2.24, 2.45) is 0 Å². The summed E-state index contributed by atoms with van der Waals surface area (Å²) in [5.74, 6) is 0. The van der Waals surface area contributed by atoms with E-state index in [0.717, 1.165) is 0 Å². The molecule has 1 saturated carbocycles. The fraction of sp³-hybridized carbons (Fsp3) is 0.917. The molecule has 0 aliphatic heterocycles. The maximum Gasteiger partial charge on any atom is 0.423 e. The Labute approximate surface area is 118 Å². The third-order valence-electron chi connectivity index (χ3n) is 3.17. The van der Waals surface area contributed by atoms with E-state index in [-0.39, 0.29) is 25.3 Å². The van der Waals surface area contributed by atoms with E-state index in [2.05, 4.69) is 10.1 Å². The van der Waals surface area contributed by atoms with Crippen molar-refractivity contribution in [2.45, 2.75) is 69.3 Å². The Balaban J connectivity index is 2.79. The fourth-order valence-corrected chi connectivity index (χ4v) is 2.47. The molecule has 0 amide bonds. The van der Waals surface area contributed by atoms with Gasteiger partial charge in [0.2, 0.25) is 6.10 Å². The molecule has 122 valence electrons. The Kier molecular flexibility index (Phi) is 5.16. The van der Waals surface area contributed by atoms with Crippen LogP contribution in [0.15, 0.2) is 0 Å². The van der Waals surface area contributed by atoms with Crippen LogP contribution in [0.4, 0.5) is 26.3 Å². The van der Waals surface area contributed by atoms with Gasteiger partial charge in [0.05, 0.1) is 12.2 Å². The Morgan fingerprint density at radius 2 is 1.71 bits per heavy atom. The summed E-state index contributed by atoms with van der Waals surface area (Å²) in [6, 6.07) is 1.81. The van der Waals surface area contributed by atoms with E-state index in [1.54, 1.807) is 13.8 Å². The molecule has 21 heavy (non-hydrogen) atoms. The third kappa shape index (κ3) is 4.74. The van der Waals surface area contributed by atoms with Crippen LogP contribution in [0.1, 0.15) is 33.1 Å². The number of nitriles is 1. The molecule has 2 unspecified atom stereocenters. The molecule has 0 heterocycles. The van der Waals surface area contributed by atoms with E-state index in [1.807, 2.05) is 6.07 Å². The highest BCUT2D eigenvalue weighted by Crippen LogP contribution is 2.40. The first-order valence-electron chi connectivity index (χ1n) is 6.37. The van der Waals surface area contributed by atoms with Crippen molar-refractivity contribution in [3.8, 4) is 6.07 Å². The third-order valence-corrected chi connectivity index (χ3v) is 3.17. The maximum absolute atomic E-state index is 12.4. The summed E-state index contributed by atoms with van der Waals surface area (Å²) in [6.07, 6.45) is -16.2. The van der Waals surface area contributed by atoms with Crippen molar-refractivity contribution in [3.05, 3.63) is 0 Å². The summed E-state index contributed by atoms with van der Waals surface area (Å²) >= 11 is 0. The predicted octanol–water partition coefficient (Wildman–Crippen LogP) is 3.31. The largest absolute Gasteiger partial charge is 0.423 e. The van der Waals surface area contributed by atoms with Crippen LogP contribution in [-0.2, 0) is 4.74 Å². The quantitative estimate of drug-likeness (QED) is 0.809. The van der Waals surface area contributed by atoms with Gasteiger partial charge in [-0.15, -0.1) is 0 Å². The summed E-state index contributed by atoms with van der Waals surface area (Å²) in [7, 11) is 0. The number of ether oxygens (including phenoxy) is 1. The van der Waals surface area contributed by atoms with E-state index in [9.17, 15) is 26.3 Å². The molecule has 0 aromatic heterocycles. The maximum atomic E-state index is 12.4. The summed E-state index contributed by atoms with van der Waals surface area (Å²) in [5.41, 5.74) is -1.14. The van der Waals surface area contributed by atoms with Gasteiger partial charge >= 0.3 is 12.4 Å². The number of hydrogen-bond acceptors (Lipinski definition) is 3. The number of nitrogens with one attached hydrogen (secondary N) is 1. The zero-order chi connectivity index (χ0) is 16.5. The summed E-state index contributed by atoms with van der Waals surface area (Å²) in [6.45, 7) is 3.48. The molecule has 1 fully saturated rings. The van der Waals surface area contributed by atoms with Gasteiger partial charge in [0.1, 0.15) is 5.54 Å². The van der Waals surface area contributed by atoms with E-state index < -0.39 is 30.1 Å². The van der Waals surface area contributed by atoms with Crippen molar-refractivity contribution in [1.29, 1.82) is 5.26 Å². The molecule has 0 radical (unpaired) electrons. The number of hydrogen-bond donors (Lipinski definition) is 1. The molecule has 0 aromatic rings. The molecule has 1 aliphatic carbocycles. The summed E-state index contributed by atoms with van der Waals surface area (Å²) in [5, 5.41) is 12.0. The molecular weight excluding hydrogens is 302 g/mol. The van der Waals surface area contributed by atoms with Gasteiger partial charge in [0.15, 0.2) is 0 Å². The number of nitrogens with zero attached hydrogens (tertiary/aromatic N) is 1. The molecule has 3 nitrogen and oxygen atoms in total. The average molecular weight is 318 g/mol. The second-order valence-corrected chi connectivity index (χ2v) is 5.46. The minimum atomic E-state index is -5.53. The lowest BCUT2D eigenvalue weighted by Crippen LogP contribution is -2.48. The average Bonchev–Trinajstić information content (AvgIpc) is 2.66. The lowest BCUT2D eigenvalue weighted by Gasteiger charge is -2.28. The first kappa shape index (κ1) is 18.0. The highest BCUT2D eigenvalue weighted by molar-refractivity contribution is 5.13. The minimum Gasteiger partial charge on any atom is -0.357 e. The van der Waals surface area contributed by atoms with Crippen LogP contribution in [0.5, 0.6) is 0 Å². The van der Waals surface area contributed by atoms with Crippen molar-refractivity contribution in [2.75, 3.05) is 0 Å². The molecule has 1 N–H and O–H groups in total. The highest BCUT2D eigenvalue weighted by Gasteiger charge is 2.59. The molecule has 1 rings (SSSR count). The van der Waals surface area contributed by atoms with Gasteiger partial charge in [-0.2, -0.15) is 31.6 Å². The van der Waals surface area contributed by atoms with Crippen LogP contribution in [0.3, 0.4) is 0 Å².